The lowest BCUT2D eigenvalue weighted by Gasteiger charge is -2.13. The van der Waals surface area contributed by atoms with E-state index in [9.17, 15) is 14.4 Å². The van der Waals surface area contributed by atoms with Crippen molar-refractivity contribution in [1.29, 1.82) is 0 Å². The molecule has 1 saturated heterocycles. The molecule has 1 amide bonds. The minimum Gasteiger partial charge on any atom is -0.493 e. The van der Waals surface area contributed by atoms with E-state index in [1.54, 1.807) is 29.2 Å². The number of likely N-dealkylation sites (tertiary alicyclic amines) is 1. The number of amides is 1. The molecule has 27 heavy (non-hydrogen) atoms. The Bertz CT molecular complexity index is 836. The monoisotopic (exact) mass is 370 g/mol. The van der Waals surface area contributed by atoms with Crippen LogP contribution in [0.1, 0.15) is 51.0 Å². The van der Waals surface area contributed by atoms with Crippen LogP contribution in [0.15, 0.2) is 36.5 Å². The topological polar surface area (TPSA) is 88.7 Å². The summed E-state index contributed by atoms with van der Waals surface area (Å²) in [7, 11) is 0. The lowest BCUT2D eigenvalue weighted by atomic mass is 10.2. The van der Waals surface area contributed by atoms with Crippen LogP contribution in [0.25, 0.3) is 0 Å². The van der Waals surface area contributed by atoms with E-state index in [1.165, 1.54) is 12.3 Å². The SMILES string of the molecule is CCOc1ccccc1C(=O)OCC(=O)c1c[nH]c(C(=O)N2CCCC2)c1. The van der Waals surface area contributed by atoms with Crippen molar-refractivity contribution in [2.24, 2.45) is 0 Å². The van der Waals surface area contributed by atoms with Crippen LogP contribution >= 0.6 is 0 Å². The molecule has 0 saturated carbocycles. The lowest BCUT2D eigenvalue weighted by Crippen LogP contribution is -2.27. The van der Waals surface area contributed by atoms with Crippen LogP contribution in [0, 0.1) is 0 Å². The van der Waals surface area contributed by atoms with E-state index in [1.807, 2.05) is 6.92 Å². The van der Waals surface area contributed by atoms with Gasteiger partial charge in [0.05, 0.1) is 6.61 Å². The van der Waals surface area contributed by atoms with Gasteiger partial charge in [-0.15, -0.1) is 0 Å². The number of nitrogens with one attached hydrogen (secondary N) is 1. The van der Waals surface area contributed by atoms with Gasteiger partial charge in [0.15, 0.2) is 6.61 Å². The number of carbonyl (C=O) groups excluding carboxylic acids is 3. The standard InChI is InChI=1S/C20H22N2O5/c1-2-26-18-8-4-3-7-15(18)20(25)27-13-17(23)14-11-16(21-12-14)19(24)22-9-5-6-10-22/h3-4,7-8,11-12,21H,2,5-6,9-10,13H2,1H3. The number of hydrogen-bond donors (Lipinski definition) is 1. The fraction of sp³-hybridized carbons (Fsp3) is 0.350. The smallest absolute Gasteiger partial charge is 0.342 e. The Kier molecular flexibility index (Phi) is 5.90. The third-order valence-corrected chi connectivity index (χ3v) is 4.37. The molecular formula is C20H22N2O5. The van der Waals surface area contributed by atoms with E-state index < -0.39 is 12.6 Å². The van der Waals surface area contributed by atoms with Crippen LogP contribution in [0.2, 0.25) is 0 Å². The number of aromatic amines is 1. The summed E-state index contributed by atoms with van der Waals surface area (Å²) in [6, 6.07) is 8.21. The zero-order valence-corrected chi connectivity index (χ0v) is 15.2. The Balaban J connectivity index is 1.60. The van der Waals surface area contributed by atoms with Gasteiger partial charge in [-0.3, -0.25) is 9.59 Å². The molecule has 1 aliphatic heterocycles. The molecule has 0 spiro atoms. The van der Waals surface area contributed by atoms with Crippen LogP contribution in [0.3, 0.4) is 0 Å². The van der Waals surface area contributed by atoms with Gasteiger partial charge < -0.3 is 19.4 Å². The molecule has 0 aliphatic carbocycles. The first-order valence-electron chi connectivity index (χ1n) is 9.00. The number of Topliss-reactive ketones (excluding diaryl/α,β-unsaturated/α-hetero) is 1. The molecule has 7 nitrogen and oxygen atoms in total. The average molecular weight is 370 g/mol. The van der Waals surface area contributed by atoms with Gasteiger partial charge in [-0.05, 0) is 38.0 Å². The second-order valence-electron chi connectivity index (χ2n) is 6.23. The molecule has 0 radical (unpaired) electrons. The molecule has 3 rings (SSSR count). The van der Waals surface area contributed by atoms with Gasteiger partial charge >= 0.3 is 5.97 Å². The van der Waals surface area contributed by atoms with Gasteiger partial charge in [0.1, 0.15) is 17.0 Å². The molecule has 0 atom stereocenters. The highest BCUT2D eigenvalue weighted by Crippen LogP contribution is 2.19. The van der Waals surface area contributed by atoms with Gasteiger partial charge in [-0.2, -0.15) is 0 Å². The van der Waals surface area contributed by atoms with Crippen LogP contribution < -0.4 is 4.74 Å². The Labute approximate surface area is 157 Å². The third-order valence-electron chi connectivity index (χ3n) is 4.37. The van der Waals surface area contributed by atoms with Gasteiger partial charge in [0, 0.05) is 24.8 Å². The predicted octanol–water partition coefficient (Wildman–Crippen LogP) is 2.69. The second kappa shape index (κ2) is 8.53. The minimum absolute atomic E-state index is 0.116. The fourth-order valence-electron chi connectivity index (χ4n) is 2.98. The van der Waals surface area contributed by atoms with Crippen molar-refractivity contribution in [1.82, 2.24) is 9.88 Å². The van der Waals surface area contributed by atoms with E-state index in [4.69, 9.17) is 9.47 Å². The van der Waals surface area contributed by atoms with Gasteiger partial charge in [0.2, 0.25) is 5.78 Å². The van der Waals surface area contributed by atoms with Crippen molar-refractivity contribution in [3.63, 3.8) is 0 Å². The first kappa shape index (κ1) is 18.7. The zero-order chi connectivity index (χ0) is 19.2. The summed E-state index contributed by atoms with van der Waals surface area (Å²) in [5, 5.41) is 0. The minimum atomic E-state index is -0.628. The number of H-pyrrole nitrogens is 1. The van der Waals surface area contributed by atoms with Crippen molar-refractivity contribution in [3.8, 4) is 5.75 Å². The number of aromatic nitrogens is 1. The van der Waals surface area contributed by atoms with Crippen molar-refractivity contribution in [3.05, 3.63) is 53.3 Å². The molecule has 1 aliphatic rings. The van der Waals surface area contributed by atoms with Gasteiger partial charge in [0.25, 0.3) is 5.91 Å². The molecule has 0 unspecified atom stereocenters. The zero-order valence-electron chi connectivity index (χ0n) is 15.2. The lowest BCUT2D eigenvalue weighted by molar-refractivity contribution is 0.0471. The number of benzene rings is 1. The number of ether oxygens (including phenoxy) is 2. The Morgan fingerprint density at radius 2 is 1.89 bits per heavy atom. The fourth-order valence-corrected chi connectivity index (χ4v) is 2.98. The number of nitrogens with zero attached hydrogens (tertiary/aromatic N) is 1. The molecule has 142 valence electrons. The number of carbonyl (C=O) groups is 3. The maximum absolute atomic E-state index is 12.3. The summed E-state index contributed by atoms with van der Waals surface area (Å²) in [6.07, 6.45) is 3.46. The maximum atomic E-state index is 12.3. The largest absolute Gasteiger partial charge is 0.493 e. The number of rotatable bonds is 7. The highest BCUT2D eigenvalue weighted by atomic mass is 16.5. The van der Waals surface area contributed by atoms with Gasteiger partial charge in [-0.1, -0.05) is 12.1 Å². The quantitative estimate of drug-likeness (QED) is 0.598. The maximum Gasteiger partial charge on any atom is 0.342 e. The van der Waals surface area contributed by atoms with Crippen LogP contribution in [-0.2, 0) is 4.74 Å². The van der Waals surface area contributed by atoms with Crippen LogP contribution in [0.5, 0.6) is 5.75 Å². The Hall–Kier alpha value is -3.09. The molecule has 0 bridgehead atoms. The van der Waals surface area contributed by atoms with E-state index >= 15 is 0 Å². The van der Waals surface area contributed by atoms with E-state index in [0.29, 0.717) is 23.6 Å². The summed E-state index contributed by atoms with van der Waals surface area (Å²) < 4.78 is 10.5. The van der Waals surface area contributed by atoms with Crippen molar-refractivity contribution in [2.75, 3.05) is 26.3 Å². The van der Waals surface area contributed by atoms with E-state index in [0.717, 1.165) is 25.9 Å². The molecular weight excluding hydrogens is 348 g/mol. The number of esters is 1. The Morgan fingerprint density at radius 1 is 1.15 bits per heavy atom. The summed E-state index contributed by atoms with van der Waals surface area (Å²) in [5.74, 6) is -0.711. The van der Waals surface area contributed by atoms with Crippen molar-refractivity contribution in [2.45, 2.75) is 19.8 Å². The summed E-state index contributed by atoms with van der Waals surface area (Å²) >= 11 is 0. The predicted molar refractivity (Wildman–Crippen MR) is 98.2 cm³/mol. The van der Waals surface area contributed by atoms with E-state index in [2.05, 4.69) is 4.98 Å². The summed E-state index contributed by atoms with van der Waals surface area (Å²) in [4.78, 5) is 41.4. The second-order valence-corrected chi connectivity index (χ2v) is 6.23. The van der Waals surface area contributed by atoms with Crippen molar-refractivity contribution >= 4 is 17.7 Å². The highest BCUT2D eigenvalue weighted by Gasteiger charge is 2.22. The highest BCUT2D eigenvalue weighted by molar-refractivity contribution is 6.02. The van der Waals surface area contributed by atoms with Crippen molar-refractivity contribution < 1.29 is 23.9 Å². The molecule has 1 aromatic carbocycles. The number of ketones is 1. The molecule has 7 heteroatoms. The normalized spacial score (nSPS) is 13.4. The summed E-state index contributed by atoms with van der Waals surface area (Å²) in [5.41, 5.74) is 0.947. The van der Waals surface area contributed by atoms with Crippen LogP contribution in [-0.4, -0.2) is 53.8 Å². The first-order chi connectivity index (χ1) is 13.1. The van der Waals surface area contributed by atoms with Crippen LogP contribution in [0.4, 0.5) is 0 Å². The molecule has 1 fully saturated rings. The molecule has 1 N–H and O–H groups in total. The third kappa shape index (κ3) is 4.36. The first-order valence-corrected chi connectivity index (χ1v) is 9.00. The number of hydrogen-bond acceptors (Lipinski definition) is 5. The average Bonchev–Trinajstić information content (AvgIpc) is 3.38. The van der Waals surface area contributed by atoms with Gasteiger partial charge in [-0.25, -0.2) is 4.79 Å². The molecule has 2 heterocycles. The molecule has 2 aromatic rings. The molecule has 1 aromatic heterocycles. The number of para-hydroxylation sites is 1. The Morgan fingerprint density at radius 3 is 2.63 bits per heavy atom. The summed E-state index contributed by atoms with van der Waals surface area (Å²) in [6.45, 7) is 3.30. The van der Waals surface area contributed by atoms with E-state index in [-0.39, 0.29) is 17.3 Å².